The maximum absolute atomic E-state index is 5.95. The summed E-state index contributed by atoms with van der Waals surface area (Å²) in [5.41, 5.74) is 1.27. The summed E-state index contributed by atoms with van der Waals surface area (Å²) in [5.74, 6) is 3.36. The van der Waals surface area contributed by atoms with Gasteiger partial charge in [-0.05, 0) is 17.5 Å². The number of aromatic nitrogens is 2. The third kappa shape index (κ3) is 4.53. The fourth-order valence-corrected chi connectivity index (χ4v) is 3.03. The van der Waals surface area contributed by atoms with Crippen LogP contribution in [0.3, 0.4) is 0 Å². The molecule has 2 heterocycles. The standard InChI is InChI=1S/C19H27N5O/c1-14(2)13-24-9-8-21-18(24)12-23-19(20-3)22-11-16-10-15-6-4-5-7-17(15)25-16/h4-9,14,16H,10-13H2,1-3H3,(H2,20,22,23). The molecule has 6 nitrogen and oxygen atoms in total. The highest BCUT2D eigenvalue weighted by Gasteiger charge is 2.22. The van der Waals surface area contributed by atoms with Crippen LogP contribution in [-0.4, -0.2) is 35.2 Å². The van der Waals surface area contributed by atoms with Gasteiger partial charge < -0.3 is 19.9 Å². The van der Waals surface area contributed by atoms with Gasteiger partial charge in [-0.2, -0.15) is 0 Å². The minimum atomic E-state index is 0.138. The molecule has 0 saturated heterocycles. The van der Waals surface area contributed by atoms with Crippen LogP contribution in [0, 0.1) is 5.92 Å². The molecule has 6 heteroatoms. The first kappa shape index (κ1) is 17.3. The largest absolute Gasteiger partial charge is 0.488 e. The quantitative estimate of drug-likeness (QED) is 0.625. The van der Waals surface area contributed by atoms with E-state index in [1.807, 2.05) is 24.5 Å². The lowest BCUT2D eigenvalue weighted by Gasteiger charge is -2.16. The van der Waals surface area contributed by atoms with Crippen LogP contribution in [0.15, 0.2) is 41.7 Å². The summed E-state index contributed by atoms with van der Waals surface area (Å²) >= 11 is 0. The molecule has 1 unspecified atom stereocenters. The molecule has 1 aliphatic rings. The van der Waals surface area contributed by atoms with Gasteiger partial charge in [0.05, 0.1) is 13.1 Å². The van der Waals surface area contributed by atoms with E-state index < -0.39 is 0 Å². The molecule has 0 radical (unpaired) electrons. The van der Waals surface area contributed by atoms with Crippen molar-refractivity contribution in [2.45, 2.75) is 39.5 Å². The molecule has 2 aromatic rings. The summed E-state index contributed by atoms with van der Waals surface area (Å²) < 4.78 is 8.14. The number of hydrogen-bond acceptors (Lipinski definition) is 3. The van der Waals surface area contributed by atoms with E-state index in [1.54, 1.807) is 7.05 Å². The number of guanidine groups is 1. The molecule has 25 heavy (non-hydrogen) atoms. The van der Waals surface area contributed by atoms with Gasteiger partial charge in [-0.1, -0.05) is 32.0 Å². The summed E-state index contributed by atoms with van der Waals surface area (Å²) in [6.45, 7) is 6.74. The Hall–Kier alpha value is -2.50. The lowest BCUT2D eigenvalue weighted by atomic mass is 10.1. The lowest BCUT2D eigenvalue weighted by Crippen LogP contribution is -2.42. The van der Waals surface area contributed by atoms with Crippen LogP contribution in [0.1, 0.15) is 25.2 Å². The summed E-state index contributed by atoms with van der Waals surface area (Å²) in [6, 6.07) is 8.21. The van der Waals surface area contributed by atoms with E-state index in [9.17, 15) is 0 Å². The zero-order valence-electron chi connectivity index (χ0n) is 15.2. The van der Waals surface area contributed by atoms with Crippen molar-refractivity contribution in [3.63, 3.8) is 0 Å². The molecule has 134 valence electrons. The third-order valence-electron chi connectivity index (χ3n) is 4.21. The van der Waals surface area contributed by atoms with Gasteiger partial charge in [0.1, 0.15) is 17.7 Å². The Balaban J connectivity index is 1.47. The second-order valence-electron chi connectivity index (χ2n) is 6.75. The predicted molar refractivity (Wildman–Crippen MR) is 99.8 cm³/mol. The highest BCUT2D eigenvalue weighted by atomic mass is 16.5. The highest BCUT2D eigenvalue weighted by molar-refractivity contribution is 5.79. The Morgan fingerprint density at radius 1 is 1.36 bits per heavy atom. The minimum absolute atomic E-state index is 0.138. The molecule has 0 amide bonds. The molecule has 0 bridgehead atoms. The number of rotatable bonds is 6. The van der Waals surface area contributed by atoms with Gasteiger partial charge in [0.15, 0.2) is 5.96 Å². The van der Waals surface area contributed by atoms with Crippen LogP contribution >= 0.6 is 0 Å². The van der Waals surface area contributed by atoms with Crippen LogP contribution in [-0.2, 0) is 19.5 Å². The first-order chi connectivity index (χ1) is 12.2. The molecule has 1 aliphatic heterocycles. The lowest BCUT2D eigenvalue weighted by molar-refractivity contribution is 0.235. The number of hydrogen-bond donors (Lipinski definition) is 2. The maximum atomic E-state index is 5.95. The van der Waals surface area contributed by atoms with Crippen molar-refractivity contribution in [1.82, 2.24) is 20.2 Å². The molecular formula is C19H27N5O. The summed E-state index contributed by atoms with van der Waals surface area (Å²) in [4.78, 5) is 8.72. The molecule has 0 saturated carbocycles. The first-order valence-electron chi connectivity index (χ1n) is 8.84. The van der Waals surface area contributed by atoms with Gasteiger partial charge in [0.2, 0.25) is 0 Å². The molecular weight excluding hydrogens is 314 g/mol. The molecule has 1 aromatic heterocycles. The Morgan fingerprint density at radius 3 is 2.96 bits per heavy atom. The van der Waals surface area contributed by atoms with Crippen molar-refractivity contribution >= 4 is 5.96 Å². The molecule has 2 N–H and O–H groups in total. The van der Waals surface area contributed by atoms with Crippen LogP contribution in [0.25, 0.3) is 0 Å². The summed E-state index contributed by atoms with van der Waals surface area (Å²) in [6.07, 6.45) is 4.94. The number of imidazole rings is 1. The van der Waals surface area contributed by atoms with Gasteiger partial charge >= 0.3 is 0 Å². The van der Waals surface area contributed by atoms with E-state index in [1.165, 1.54) is 5.56 Å². The van der Waals surface area contributed by atoms with Crippen molar-refractivity contribution < 1.29 is 4.74 Å². The van der Waals surface area contributed by atoms with Crippen molar-refractivity contribution in [3.8, 4) is 5.75 Å². The number of aliphatic imine (C=N–C) groups is 1. The normalized spacial score (nSPS) is 16.6. The molecule has 1 atom stereocenters. The van der Waals surface area contributed by atoms with Gasteiger partial charge in [-0.15, -0.1) is 0 Å². The number of ether oxygens (including phenoxy) is 1. The molecule has 0 fully saturated rings. The van der Waals surface area contributed by atoms with Crippen LogP contribution in [0.4, 0.5) is 0 Å². The van der Waals surface area contributed by atoms with Crippen molar-refractivity contribution in [2.75, 3.05) is 13.6 Å². The number of benzene rings is 1. The van der Waals surface area contributed by atoms with Crippen molar-refractivity contribution in [2.24, 2.45) is 10.9 Å². The van der Waals surface area contributed by atoms with Gasteiger partial charge in [-0.3, -0.25) is 4.99 Å². The van der Waals surface area contributed by atoms with E-state index in [-0.39, 0.29) is 6.10 Å². The summed E-state index contributed by atoms with van der Waals surface area (Å²) in [7, 11) is 1.78. The third-order valence-corrected chi connectivity index (χ3v) is 4.21. The smallest absolute Gasteiger partial charge is 0.191 e. The van der Waals surface area contributed by atoms with Crippen LogP contribution in [0.5, 0.6) is 5.75 Å². The highest BCUT2D eigenvalue weighted by Crippen LogP contribution is 2.27. The first-order valence-corrected chi connectivity index (χ1v) is 8.84. The maximum Gasteiger partial charge on any atom is 0.191 e. The van der Waals surface area contributed by atoms with Crippen LogP contribution < -0.4 is 15.4 Å². The van der Waals surface area contributed by atoms with E-state index in [2.05, 4.69) is 51.2 Å². The number of fused-ring (bicyclic) bond motifs is 1. The Morgan fingerprint density at radius 2 is 2.20 bits per heavy atom. The molecule has 0 aliphatic carbocycles. The Labute approximate surface area is 149 Å². The van der Waals surface area contributed by atoms with E-state index in [0.717, 1.165) is 37.0 Å². The van der Waals surface area contributed by atoms with Crippen molar-refractivity contribution in [1.29, 1.82) is 0 Å². The van der Waals surface area contributed by atoms with E-state index >= 15 is 0 Å². The van der Waals surface area contributed by atoms with Crippen LogP contribution in [0.2, 0.25) is 0 Å². The topological polar surface area (TPSA) is 63.5 Å². The number of nitrogens with zero attached hydrogens (tertiary/aromatic N) is 3. The van der Waals surface area contributed by atoms with Crippen molar-refractivity contribution in [3.05, 3.63) is 48.0 Å². The Bertz CT molecular complexity index is 697. The fraction of sp³-hybridized carbons (Fsp3) is 0.474. The van der Waals surface area contributed by atoms with E-state index in [0.29, 0.717) is 12.5 Å². The minimum Gasteiger partial charge on any atom is -0.488 e. The number of para-hydroxylation sites is 1. The second-order valence-corrected chi connectivity index (χ2v) is 6.75. The average Bonchev–Trinajstić information content (AvgIpc) is 3.20. The SMILES string of the molecule is CN=C(NCc1nccn1CC(C)C)NCC1Cc2ccccc2O1. The fourth-order valence-electron chi connectivity index (χ4n) is 3.03. The van der Waals surface area contributed by atoms with Gasteiger partial charge in [0, 0.05) is 32.4 Å². The zero-order chi connectivity index (χ0) is 17.6. The summed E-state index contributed by atoms with van der Waals surface area (Å²) in [5, 5.41) is 6.68. The zero-order valence-corrected chi connectivity index (χ0v) is 15.2. The number of nitrogens with one attached hydrogen (secondary N) is 2. The predicted octanol–water partition coefficient (Wildman–Crippen LogP) is 2.21. The monoisotopic (exact) mass is 341 g/mol. The van der Waals surface area contributed by atoms with Gasteiger partial charge in [0.25, 0.3) is 0 Å². The molecule has 3 rings (SSSR count). The molecule has 0 spiro atoms. The Kier molecular flexibility index (Phi) is 5.58. The van der Waals surface area contributed by atoms with E-state index in [4.69, 9.17) is 4.74 Å². The van der Waals surface area contributed by atoms with Gasteiger partial charge in [-0.25, -0.2) is 4.98 Å². The second kappa shape index (κ2) is 8.05. The average molecular weight is 341 g/mol. The molecule has 1 aromatic carbocycles.